The molecule has 0 rings (SSSR count). The van der Waals surface area contributed by atoms with Gasteiger partial charge in [-0.15, -0.1) is 0 Å². The molecule has 0 heterocycles. The van der Waals surface area contributed by atoms with E-state index in [1.54, 1.807) is 0 Å². The topological polar surface area (TPSA) is 78.4 Å². The summed E-state index contributed by atoms with van der Waals surface area (Å²) in [5.74, 6) is -1.34. The summed E-state index contributed by atoms with van der Waals surface area (Å²) in [5, 5.41) is 14.0. The highest BCUT2D eigenvalue weighted by molar-refractivity contribution is 5.75. The summed E-state index contributed by atoms with van der Waals surface area (Å²) in [5.41, 5.74) is 0. The van der Waals surface area contributed by atoms with Gasteiger partial charge in [0.1, 0.15) is 0 Å². The van der Waals surface area contributed by atoms with Crippen LogP contribution in [0.4, 0.5) is 4.79 Å². The zero-order valence-corrected chi connectivity index (χ0v) is 9.38. The summed E-state index contributed by atoms with van der Waals surface area (Å²) < 4.78 is 0. The van der Waals surface area contributed by atoms with Crippen molar-refractivity contribution in [1.29, 1.82) is 0 Å². The monoisotopic (exact) mass is 216 g/mol. The molecule has 0 aromatic rings. The number of aliphatic carboxylic acids is 1. The number of carboxylic acids is 1. The van der Waals surface area contributed by atoms with E-state index in [4.69, 9.17) is 5.11 Å². The van der Waals surface area contributed by atoms with E-state index >= 15 is 0 Å². The molecule has 0 saturated heterocycles. The molecular weight excluding hydrogens is 196 g/mol. The second-order valence-corrected chi connectivity index (χ2v) is 3.46. The molecule has 2 amide bonds. The fourth-order valence-electron chi connectivity index (χ4n) is 1.18. The second kappa shape index (κ2) is 8.08. The smallest absolute Gasteiger partial charge is 0.314 e. The van der Waals surface area contributed by atoms with Crippen LogP contribution >= 0.6 is 0 Å². The van der Waals surface area contributed by atoms with Crippen molar-refractivity contribution < 1.29 is 14.7 Å². The lowest BCUT2D eigenvalue weighted by molar-refractivity contribution is -0.141. The molecule has 3 N–H and O–H groups in total. The Morgan fingerprint density at radius 2 is 1.87 bits per heavy atom. The molecule has 1 unspecified atom stereocenters. The first kappa shape index (κ1) is 13.7. The average molecular weight is 216 g/mol. The summed E-state index contributed by atoms with van der Waals surface area (Å²) in [4.78, 5) is 21.9. The SMILES string of the molecule is CCCNC(=O)NCC(CCC)C(=O)O. The van der Waals surface area contributed by atoms with E-state index in [9.17, 15) is 9.59 Å². The van der Waals surface area contributed by atoms with E-state index < -0.39 is 11.9 Å². The van der Waals surface area contributed by atoms with Crippen molar-refractivity contribution in [2.24, 2.45) is 5.92 Å². The lowest BCUT2D eigenvalue weighted by Crippen LogP contribution is -2.40. The Morgan fingerprint density at radius 1 is 1.20 bits per heavy atom. The van der Waals surface area contributed by atoms with Gasteiger partial charge in [0.15, 0.2) is 0 Å². The maximum atomic E-state index is 11.1. The first-order valence-electron chi connectivity index (χ1n) is 5.36. The second-order valence-electron chi connectivity index (χ2n) is 3.46. The fourth-order valence-corrected chi connectivity index (χ4v) is 1.18. The zero-order valence-electron chi connectivity index (χ0n) is 9.38. The van der Waals surface area contributed by atoms with E-state index in [0.717, 1.165) is 12.8 Å². The van der Waals surface area contributed by atoms with E-state index in [1.807, 2.05) is 13.8 Å². The van der Waals surface area contributed by atoms with Crippen LogP contribution in [0, 0.1) is 5.92 Å². The van der Waals surface area contributed by atoms with Crippen LogP contribution in [0.2, 0.25) is 0 Å². The molecule has 0 aromatic heterocycles. The number of hydrogen-bond acceptors (Lipinski definition) is 2. The van der Waals surface area contributed by atoms with E-state index in [1.165, 1.54) is 0 Å². The molecule has 0 bridgehead atoms. The number of rotatable bonds is 7. The molecule has 5 heteroatoms. The van der Waals surface area contributed by atoms with Gasteiger partial charge in [-0.25, -0.2) is 4.79 Å². The molecule has 0 aliphatic heterocycles. The number of carboxylic acid groups (broad SMARTS) is 1. The molecule has 0 saturated carbocycles. The quantitative estimate of drug-likeness (QED) is 0.598. The van der Waals surface area contributed by atoms with Crippen molar-refractivity contribution in [3.05, 3.63) is 0 Å². The summed E-state index contributed by atoms with van der Waals surface area (Å²) in [7, 11) is 0. The van der Waals surface area contributed by atoms with E-state index in [0.29, 0.717) is 13.0 Å². The van der Waals surface area contributed by atoms with E-state index in [-0.39, 0.29) is 12.6 Å². The Kier molecular flexibility index (Phi) is 7.40. The maximum Gasteiger partial charge on any atom is 0.314 e. The van der Waals surface area contributed by atoms with Crippen molar-refractivity contribution in [2.45, 2.75) is 33.1 Å². The van der Waals surface area contributed by atoms with Crippen molar-refractivity contribution in [3.8, 4) is 0 Å². The number of carbonyl (C=O) groups is 2. The van der Waals surface area contributed by atoms with Crippen LogP contribution in [0.15, 0.2) is 0 Å². The Bertz CT molecular complexity index is 207. The number of amides is 2. The minimum absolute atomic E-state index is 0.193. The third kappa shape index (κ3) is 6.76. The predicted molar refractivity (Wildman–Crippen MR) is 57.7 cm³/mol. The summed E-state index contributed by atoms with van der Waals surface area (Å²) in [6.45, 7) is 4.68. The zero-order chi connectivity index (χ0) is 11.7. The fraction of sp³-hybridized carbons (Fsp3) is 0.800. The minimum atomic E-state index is -0.854. The minimum Gasteiger partial charge on any atom is -0.481 e. The van der Waals surface area contributed by atoms with Gasteiger partial charge in [-0.05, 0) is 12.8 Å². The van der Waals surface area contributed by atoms with Gasteiger partial charge in [0.2, 0.25) is 0 Å². The van der Waals surface area contributed by atoms with Crippen molar-refractivity contribution >= 4 is 12.0 Å². The van der Waals surface area contributed by atoms with Crippen molar-refractivity contribution in [2.75, 3.05) is 13.1 Å². The lowest BCUT2D eigenvalue weighted by atomic mass is 10.0. The highest BCUT2D eigenvalue weighted by atomic mass is 16.4. The summed E-state index contributed by atoms with van der Waals surface area (Å²) in [6.07, 6.45) is 2.25. The molecule has 0 aromatic carbocycles. The molecule has 0 radical (unpaired) electrons. The third-order valence-corrected chi connectivity index (χ3v) is 2.03. The molecule has 5 nitrogen and oxygen atoms in total. The van der Waals surface area contributed by atoms with Crippen LogP contribution in [0.5, 0.6) is 0 Å². The Balaban J connectivity index is 3.78. The Labute approximate surface area is 90.2 Å². The number of hydrogen-bond donors (Lipinski definition) is 3. The molecule has 0 spiro atoms. The Morgan fingerprint density at radius 3 is 2.33 bits per heavy atom. The van der Waals surface area contributed by atoms with Crippen molar-refractivity contribution in [3.63, 3.8) is 0 Å². The van der Waals surface area contributed by atoms with Gasteiger partial charge in [0.05, 0.1) is 5.92 Å². The van der Waals surface area contributed by atoms with Crippen LogP contribution in [-0.2, 0) is 4.79 Å². The van der Waals surface area contributed by atoms with Crippen LogP contribution in [-0.4, -0.2) is 30.2 Å². The molecule has 88 valence electrons. The van der Waals surface area contributed by atoms with Crippen molar-refractivity contribution in [1.82, 2.24) is 10.6 Å². The van der Waals surface area contributed by atoms with Gasteiger partial charge in [-0.2, -0.15) is 0 Å². The maximum absolute atomic E-state index is 11.1. The molecular formula is C10H20N2O3. The third-order valence-electron chi connectivity index (χ3n) is 2.03. The molecule has 0 fully saturated rings. The van der Waals surface area contributed by atoms with Crippen LogP contribution in [0.3, 0.4) is 0 Å². The van der Waals surface area contributed by atoms with Gasteiger partial charge in [0.25, 0.3) is 0 Å². The van der Waals surface area contributed by atoms with Crippen LogP contribution in [0.1, 0.15) is 33.1 Å². The standard InChI is InChI=1S/C10H20N2O3/c1-3-5-8(9(13)14)7-12-10(15)11-6-4-2/h8H,3-7H2,1-2H3,(H,13,14)(H2,11,12,15). The number of nitrogens with one attached hydrogen (secondary N) is 2. The number of urea groups is 1. The predicted octanol–water partition coefficient (Wildman–Crippen LogP) is 1.20. The van der Waals surface area contributed by atoms with Crippen LogP contribution < -0.4 is 10.6 Å². The molecule has 1 atom stereocenters. The lowest BCUT2D eigenvalue weighted by Gasteiger charge is -2.12. The highest BCUT2D eigenvalue weighted by Crippen LogP contribution is 2.04. The number of carbonyl (C=O) groups excluding carboxylic acids is 1. The first-order chi connectivity index (χ1) is 7.11. The van der Waals surface area contributed by atoms with Gasteiger partial charge in [-0.1, -0.05) is 20.3 Å². The largest absolute Gasteiger partial charge is 0.481 e. The summed E-state index contributed by atoms with van der Waals surface area (Å²) >= 11 is 0. The van der Waals surface area contributed by atoms with Gasteiger partial charge < -0.3 is 15.7 Å². The molecule has 15 heavy (non-hydrogen) atoms. The van der Waals surface area contributed by atoms with Gasteiger partial charge in [0, 0.05) is 13.1 Å². The highest BCUT2D eigenvalue weighted by Gasteiger charge is 2.16. The average Bonchev–Trinajstić information content (AvgIpc) is 2.20. The Hall–Kier alpha value is -1.26. The normalized spacial score (nSPS) is 11.9. The van der Waals surface area contributed by atoms with E-state index in [2.05, 4.69) is 10.6 Å². The molecule has 0 aliphatic rings. The van der Waals surface area contributed by atoms with Crippen LogP contribution in [0.25, 0.3) is 0 Å². The van der Waals surface area contributed by atoms with Gasteiger partial charge in [-0.3, -0.25) is 4.79 Å². The van der Waals surface area contributed by atoms with Gasteiger partial charge >= 0.3 is 12.0 Å². The first-order valence-corrected chi connectivity index (χ1v) is 5.36. The molecule has 0 aliphatic carbocycles. The summed E-state index contributed by atoms with van der Waals surface area (Å²) in [6, 6.07) is -0.292.